The van der Waals surface area contributed by atoms with Crippen LogP contribution in [0.3, 0.4) is 0 Å². The molecule has 1 atom stereocenters. The molecule has 0 radical (unpaired) electrons. The molecule has 0 N–H and O–H groups in total. The van der Waals surface area contributed by atoms with Crippen molar-refractivity contribution in [3.8, 4) is 0 Å². The summed E-state index contributed by atoms with van der Waals surface area (Å²) in [5.74, 6) is 0. The van der Waals surface area contributed by atoms with E-state index >= 15 is 0 Å². The first-order valence-electron chi connectivity index (χ1n) is 5.02. The normalized spacial score (nSPS) is 18.1. The molecular weight excluding hydrogens is 318 g/mol. The summed E-state index contributed by atoms with van der Waals surface area (Å²) >= 11 is 1.61. The molecule has 0 bridgehead atoms. The molecule has 0 aliphatic heterocycles. The zero-order valence-corrected chi connectivity index (χ0v) is 13.7. The molecule has 0 saturated heterocycles. The van der Waals surface area contributed by atoms with Crippen LogP contribution < -0.4 is 24.8 Å². The van der Waals surface area contributed by atoms with Crippen molar-refractivity contribution in [1.82, 2.24) is 0 Å². The molecule has 1 aromatic carbocycles. The van der Waals surface area contributed by atoms with Crippen LogP contribution >= 0.6 is 0 Å². The fourth-order valence-corrected chi connectivity index (χ4v) is 3.89. The maximum absolute atomic E-state index is 2.38. The Morgan fingerprint density at radius 1 is 1.06 bits per heavy atom. The van der Waals surface area contributed by atoms with Gasteiger partial charge in [0.15, 0.2) is 0 Å². The van der Waals surface area contributed by atoms with E-state index < -0.39 is 0 Å². The zero-order valence-electron chi connectivity index (χ0n) is 9.72. The predicted octanol–water partition coefficient (Wildman–Crippen LogP) is -2.27. The second-order valence-electron chi connectivity index (χ2n) is 4.91. The number of halogens is 2. The SMILES string of the molecule is CC(C)(C)C1=Cc2ccccc2[CH]1[Zr+2].[Cl-].[Cl-]. The summed E-state index contributed by atoms with van der Waals surface area (Å²) in [6.07, 6.45) is 2.38. The molecule has 0 aromatic heterocycles. The Morgan fingerprint density at radius 2 is 1.62 bits per heavy atom. The molecule has 2 rings (SSSR count). The Kier molecular flexibility index (Phi) is 6.00. The van der Waals surface area contributed by atoms with Crippen molar-refractivity contribution in [3.63, 3.8) is 0 Å². The number of hydrogen-bond acceptors (Lipinski definition) is 0. The van der Waals surface area contributed by atoms with Gasteiger partial charge in [-0.3, -0.25) is 0 Å². The summed E-state index contributed by atoms with van der Waals surface area (Å²) in [6, 6.07) is 8.77. The monoisotopic (exact) mass is 331 g/mol. The minimum absolute atomic E-state index is 0. The van der Waals surface area contributed by atoms with E-state index in [-0.39, 0.29) is 24.8 Å². The Labute approximate surface area is 126 Å². The molecule has 85 valence electrons. The van der Waals surface area contributed by atoms with Gasteiger partial charge in [-0.05, 0) is 0 Å². The van der Waals surface area contributed by atoms with E-state index in [1.807, 2.05) is 0 Å². The second kappa shape index (κ2) is 5.85. The first kappa shape index (κ1) is 16.4. The van der Waals surface area contributed by atoms with Crippen LogP contribution in [0.4, 0.5) is 0 Å². The van der Waals surface area contributed by atoms with Crippen LogP contribution in [0.5, 0.6) is 0 Å². The van der Waals surface area contributed by atoms with Gasteiger partial charge in [0.25, 0.3) is 0 Å². The molecule has 0 spiro atoms. The summed E-state index contributed by atoms with van der Waals surface area (Å²) in [7, 11) is 0. The molecule has 0 fully saturated rings. The van der Waals surface area contributed by atoms with Crippen molar-refractivity contribution < 1.29 is 49.5 Å². The molecule has 1 aliphatic carbocycles. The molecule has 1 aliphatic rings. The standard InChI is InChI=1S/C13H15.2ClH.Zr/c1-13(2,3)12-8-10-6-4-5-7-11(10)9-12;;;/h4-9H,1-3H3;2*1H;/q;;;+2/p-2. The van der Waals surface area contributed by atoms with Gasteiger partial charge in [0.05, 0.1) is 0 Å². The van der Waals surface area contributed by atoms with E-state index in [4.69, 9.17) is 0 Å². The largest absolute Gasteiger partial charge is 1.00 e. The molecule has 1 aromatic rings. The van der Waals surface area contributed by atoms with Gasteiger partial charge in [-0.15, -0.1) is 0 Å². The fourth-order valence-electron chi connectivity index (χ4n) is 1.97. The van der Waals surface area contributed by atoms with E-state index in [0.717, 1.165) is 0 Å². The van der Waals surface area contributed by atoms with E-state index in [2.05, 4.69) is 51.1 Å². The predicted molar refractivity (Wildman–Crippen MR) is 56.6 cm³/mol. The average molecular weight is 333 g/mol. The van der Waals surface area contributed by atoms with Crippen LogP contribution in [-0.2, 0) is 24.7 Å². The van der Waals surface area contributed by atoms with Gasteiger partial charge < -0.3 is 24.8 Å². The maximum Gasteiger partial charge on any atom is -1.00 e. The van der Waals surface area contributed by atoms with Crippen molar-refractivity contribution in [2.75, 3.05) is 0 Å². The number of fused-ring (bicyclic) bond motifs is 1. The first-order chi connectivity index (χ1) is 6.50. The average Bonchev–Trinajstić information content (AvgIpc) is 2.44. The van der Waals surface area contributed by atoms with Gasteiger partial charge in [0.2, 0.25) is 0 Å². The van der Waals surface area contributed by atoms with Crippen LogP contribution in [-0.4, -0.2) is 0 Å². The molecule has 0 saturated carbocycles. The second-order valence-corrected chi connectivity index (χ2v) is 6.33. The van der Waals surface area contributed by atoms with Gasteiger partial charge in [-0.1, -0.05) is 0 Å². The molecule has 0 nitrogen and oxygen atoms in total. The van der Waals surface area contributed by atoms with Crippen LogP contribution in [0.15, 0.2) is 29.8 Å². The minimum Gasteiger partial charge on any atom is -1.00 e. The van der Waals surface area contributed by atoms with Gasteiger partial charge in [-0.25, -0.2) is 0 Å². The molecule has 16 heavy (non-hydrogen) atoms. The summed E-state index contributed by atoms with van der Waals surface area (Å²) in [5, 5.41) is 0. The molecular formula is C13H15Cl2Zr. The Balaban J connectivity index is 0.00000112. The summed E-state index contributed by atoms with van der Waals surface area (Å²) in [5.41, 5.74) is 4.86. The number of benzene rings is 1. The van der Waals surface area contributed by atoms with Crippen molar-refractivity contribution >= 4 is 6.08 Å². The van der Waals surface area contributed by atoms with Gasteiger partial charge in [-0.2, -0.15) is 0 Å². The first-order valence-corrected chi connectivity index (χ1v) is 6.44. The van der Waals surface area contributed by atoms with Crippen molar-refractivity contribution in [2.45, 2.75) is 24.4 Å². The maximum atomic E-state index is 2.38. The van der Waals surface area contributed by atoms with Crippen molar-refractivity contribution in [3.05, 3.63) is 41.0 Å². The molecule has 3 heteroatoms. The molecule has 0 amide bonds. The quantitative estimate of drug-likeness (QED) is 0.502. The van der Waals surface area contributed by atoms with E-state index in [1.165, 1.54) is 11.1 Å². The smallest absolute Gasteiger partial charge is 1.00 e. The topological polar surface area (TPSA) is 0 Å². The summed E-state index contributed by atoms with van der Waals surface area (Å²) < 4.78 is 0.679. The Morgan fingerprint density at radius 3 is 2.12 bits per heavy atom. The fraction of sp³-hybridized carbons (Fsp3) is 0.385. The van der Waals surface area contributed by atoms with Crippen LogP contribution in [0.25, 0.3) is 6.08 Å². The van der Waals surface area contributed by atoms with Crippen molar-refractivity contribution in [2.24, 2.45) is 5.41 Å². The number of hydrogen-bond donors (Lipinski definition) is 0. The molecule has 0 heterocycles. The van der Waals surface area contributed by atoms with E-state index in [9.17, 15) is 0 Å². The van der Waals surface area contributed by atoms with E-state index in [0.29, 0.717) is 9.04 Å². The summed E-state index contributed by atoms with van der Waals surface area (Å²) in [6.45, 7) is 6.92. The van der Waals surface area contributed by atoms with Gasteiger partial charge in [0, 0.05) is 0 Å². The third-order valence-corrected chi connectivity index (χ3v) is 4.32. The van der Waals surface area contributed by atoms with Crippen LogP contribution in [0.1, 0.15) is 35.5 Å². The van der Waals surface area contributed by atoms with Crippen molar-refractivity contribution in [1.29, 1.82) is 0 Å². The van der Waals surface area contributed by atoms with E-state index in [1.54, 1.807) is 30.3 Å². The van der Waals surface area contributed by atoms with Gasteiger partial charge >= 0.3 is 102 Å². The summed E-state index contributed by atoms with van der Waals surface area (Å²) in [4.78, 5) is 0. The third-order valence-electron chi connectivity index (χ3n) is 2.80. The Hall–Kier alpha value is 0.423. The van der Waals surface area contributed by atoms with Crippen LogP contribution in [0, 0.1) is 5.41 Å². The zero-order chi connectivity index (χ0) is 10.3. The third kappa shape index (κ3) is 3.00. The minimum atomic E-state index is 0. The number of allylic oxidation sites excluding steroid dienone is 1. The molecule has 1 unspecified atom stereocenters. The van der Waals surface area contributed by atoms with Crippen LogP contribution in [0.2, 0.25) is 0 Å². The van der Waals surface area contributed by atoms with Gasteiger partial charge in [0.1, 0.15) is 0 Å². The number of rotatable bonds is 0. The Bertz CT molecular complexity index is 391.